The number of hydrogen-bond acceptors (Lipinski definition) is 2. The van der Waals surface area contributed by atoms with Gasteiger partial charge >= 0.3 is 6.03 Å². The lowest BCUT2D eigenvalue weighted by Crippen LogP contribution is -2.70. The Bertz CT molecular complexity index is 1060. The van der Waals surface area contributed by atoms with Crippen LogP contribution < -0.4 is 0 Å². The van der Waals surface area contributed by atoms with E-state index in [9.17, 15) is 18.0 Å². The number of likely N-dealkylation sites (tertiary alicyclic amines) is 2. The first-order valence-corrected chi connectivity index (χ1v) is 11.4. The third-order valence-corrected chi connectivity index (χ3v) is 8.17. The number of nitrogens with zero attached hydrogens (tertiary/aromatic N) is 3. The molecule has 2 aromatic rings. The summed E-state index contributed by atoms with van der Waals surface area (Å²) in [7, 11) is 0. The van der Waals surface area contributed by atoms with Crippen LogP contribution >= 0.6 is 0 Å². The number of amides is 2. The van der Waals surface area contributed by atoms with E-state index < -0.39 is 11.6 Å². The minimum atomic E-state index is -0.541. The normalized spacial score (nSPS) is 23.5. The van der Waals surface area contributed by atoms with E-state index in [2.05, 4.69) is 4.98 Å². The van der Waals surface area contributed by atoms with Gasteiger partial charge in [0.05, 0.1) is 6.20 Å². The molecule has 0 unspecified atom stereocenters. The van der Waals surface area contributed by atoms with Crippen molar-refractivity contribution >= 4 is 6.03 Å². The van der Waals surface area contributed by atoms with Crippen molar-refractivity contribution in [2.24, 2.45) is 16.7 Å². The van der Waals surface area contributed by atoms with E-state index in [1.807, 2.05) is 9.80 Å². The topological polar surface area (TPSA) is 36.4 Å². The Morgan fingerprint density at radius 1 is 0.906 bits per heavy atom. The van der Waals surface area contributed by atoms with Crippen molar-refractivity contribution in [1.82, 2.24) is 14.8 Å². The van der Waals surface area contributed by atoms with Crippen LogP contribution in [0, 0.1) is 34.2 Å². The lowest BCUT2D eigenvalue weighted by Gasteiger charge is -2.63. The molecule has 6 rings (SSSR count). The summed E-state index contributed by atoms with van der Waals surface area (Å²) < 4.78 is 40.3. The van der Waals surface area contributed by atoms with Gasteiger partial charge in [-0.1, -0.05) is 6.07 Å². The summed E-state index contributed by atoms with van der Waals surface area (Å²) in [6.45, 7) is 3.16. The van der Waals surface area contributed by atoms with Crippen molar-refractivity contribution in [1.29, 1.82) is 0 Å². The molecule has 4 nitrogen and oxygen atoms in total. The van der Waals surface area contributed by atoms with Crippen LogP contribution in [0.2, 0.25) is 0 Å². The van der Waals surface area contributed by atoms with Crippen LogP contribution in [0.15, 0.2) is 36.7 Å². The molecular formula is C25H26F3N3O. The van der Waals surface area contributed by atoms with Gasteiger partial charge in [-0.25, -0.2) is 18.0 Å². The van der Waals surface area contributed by atoms with Crippen LogP contribution in [-0.4, -0.2) is 47.0 Å². The second-order valence-electron chi connectivity index (χ2n) is 10.8. The molecule has 2 amide bonds. The second-order valence-corrected chi connectivity index (χ2v) is 10.8. The van der Waals surface area contributed by atoms with Gasteiger partial charge in [0.2, 0.25) is 0 Å². The molecule has 2 aliphatic carbocycles. The predicted molar refractivity (Wildman–Crippen MR) is 112 cm³/mol. The summed E-state index contributed by atoms with van der Waals surface area (Å²) in [5.74, 6) is -0.540. The number of urea groups is 1. The average molecular weight is 441 g/mol. The monoisotopic (exact) mass is 441 g/mol. The molecule has 1 aromatic carbocycles. The van der Waals surface area contributed by atoms with Crippen LogP contribution in [-0.2, 0) is 6.42 Å². The van der Waals surface area contributed by atoms with E-state index in [1.54, 1.807) is 18.3 Å². The SMILES string of the molecule is O=C(N1CC2(CC(Cc3ccc(F)cc3F)C2)C1)N1CC2(CC(c3cncc(F)c3)C2)C1. The zero-order valence-electron chi connectivity index (χ0n) is 17.9. The molecule has 0 N–H and O–H groups in total. The minimum absolute atomic E-state index is 0.130. The predicted octanol–water partition coefficient (Wildman–Crippen LogP) is 4.75. The minimum Gasteiger partial charge on any atom is -0.323 e. The molecule has 168 valence electrons. The third kappa shape index (κ3) is 3.28. The maximum Gasteiger partial charge on any atom is 0.320 e. The maximum absolute atomic E-state index is 13.9. The highest BCUT2D eigenvalue weighted by Crippen LogP contribution is 2.57. The summed E-state index contributed by atoms with van der Waals surface area (Å²) in [6.07, 6.45) is 7.60. The molecule has 32 heavy (non-hydrogen) atoms. The number of pyridine rings is 1. The van der Waals surface area contributed by atoms with Crippen LogP contribution in [0.4, 0.5) is 18.0 Å². The quantitative estimate of drug-likeness (QED) is 0.689. The smallest absolute Gasteiger partial charge is 0.320 e. The Hall–Kier alpha value is -2.57. The number of carbonyl (C=O) groups is 1. The average Bonchev–Trinajstić information content (AvgIpc) is 2.62. The van der Waals surface area contributed by atoms with Crippen molar-refractivity contribution in [3.05, 3.63) is 65.2 Å². The Morgan fingerprint density at radius 3 is 2.19 bits per heavy atom. The van der Waals surface area contributed by atoms with Crippen molar-refractivity contribution < 1.29 is 18.0 Å². The summed E-state index contributed by atoms with van der Waals surface area (Å²) in [5.41, 5.74) is 1.95. The number of aromatic nitrogens is 1. The van der Waals surface area contributed by atoms with E-state index in [1.165, 1.54) is 12.3 Å². The molecule has 2 spiro atoms. The number of benzene rings is 1. The highest BCUT2D eigenvalue weighted by Gasteiger charge is 2.58. The van der Waals surface area contributed by atoms with E-state index in [0.717, 1.165) is 63.5 Å². The molecule has 7 heteroatoms. The number of halogens is 3. The van der Waals surface area contributed by atoms with E-state index in [4.69, 9.17) is 0 Å². The molecule has 0 bridgehead atoms. The fourth-order valence-corrected chi connectivity index (χ4v) is 6.69. The Kier molecular flexibility index (Phi) is 4.37. The summed E-state index contributed by atoms with van der Waals surface area (Å²) in [5, 5.41) is 0. The Balaban J connectivity index is 0.946. The second kappa shape index (κ2) is 6.96. The van der Waals surface area contributed by atoms with Gasteiger partial charge in [-0.05, 0) is 67.2 Å². The lowest BCUT2D eigenvalue weighted by molar-refractivity contribution is -0.100. The molecule has 4 fully saturated rings. The highest BCUT2D eigenvalue weighted by molar-refractivity contribution is 5.77. The lowest BCUT2D eigenvalue weighted by atomic mass is 9.55. The maximum atomic E-state index is 13.9. The van der Waals surface area contributed by atoms with Gasteiger partial charge in [0.15, 0.2) is 0 Å². The standard InChI is InChI=1S/C25H26F3N3O/c26-20-2-1-17(22(28)5-20)3-16-6-24(7-16)12-30(13-24)23(32)31-14-25(15-31)8-19(9-25)18-4-21(27)11-29-10-18/h1-2,4-5,10-11,16,19H,3,6-9,12-15H2. The van der Waals surface area contributed by atoms with Crippen molar-refractivity contribution in [2.45, 2.75) is 38.0 Å². The fraction of sp³-hybridized carbons (Fsp3) is 0.520. The molecule has 3 heterocycles. The number of carbonyl (C=O) groups excluding carboxylic acids is 1. The van der Waals surface area contributed by atoms with Crippen LogP contribution in [0.1, 0.15) is 42.7 Å². The van der Waals surface area contributed by atoms with Gasteiger partial charge in [0, 0.05) is 49.3 Å². The first-order chi connectivity index (χ1) is 15.3. The summed E-state index contributed by atoms with van der Waals surface area (Å²) in [6, 6.07) is 5.51. The van der Waals surface area contributed by atoms with Crippen molar-refractivity contribution in [3.63, 3.8) is 0 Å². The molecule has 0 radical (unpaired) electrons. The van der Waals surface area contributed by atoms with E-state index in [0.29, 0.717) is 23.8 Å². The van der Waals surface area contributed by atoms with Gasteiger partial charge < -0.3 is 9.80 Å². The molecule has 2 saturated heterocycles. The number of rotatable bonds is 3. The molecule has 2 saturated carbocycles. The Labute approximate surface area is 185 Å². The van der Waals surface area contributed by atoms with Gasteiger partial charge in [0.1, 0.15) is 17.5 Å². The van der Waals surface area contributed by atoms with Gasteiger partial charge in [-0.2, -0.15) is 0 Å². The molecule has 1 aromatic heterocycles. The molecule has 0 atom stereocenters. The Morgan fingerprint density at radius 2 is 1.56 bits per heavy atom. The van der Waals surface area contributed by atoms with Gasteiger partial charge in [-0.15, -0.1) is 0 Å². The molecule has 2 aliphatic heterocycles. The van der Waals surface area contributed by atoms with Crippen molar-refractivity contribution in [2.75, 3.05) is 26.2 Å². The van der Waals surface area contributed by atoms with Crippen LogP contribution in [0.5, 0.6) is 0 Å². The van der Waals surface area contributed by atoms with Crippen molar-refractivity contribution in [3.8, 4) is 0 Å². The third-order valence-electron chi connectivity index (χ3n) is 8.17. The highest BCUT2D eigenvalue weighted by atomic mass is 19.1. The first-order valence-electron chi connectivity index (χ1n) is 11.4. The zero-order valence-corrected chi connectivity index (χ0v) is 17.9. The summed E-state index contributed by atoms with van der Waals surface area (Å²) in [4.78, 5) is 20.6. The fourth-order valence-electron chi connectivity index (χ4n) is 6.69. The van der Waals surface area contributed by atoms with E-state index >= 15 is 0 Å². The summed E-state index contributed by atoms with van der Waals surface area (Å²) >= 11 is 0. The number of hydrogen-bond donors (Lipinski definition) is 0. The van der Waals surface area contributed by atoms with Gasteiger partial charge in [0.25, 0.3) is 0 Å². The zero-order chi connectivity index (χ0) is 22.1. The van der Waals surface area contributed by atoms with Crippen LogP contribution in [0.25, 0.3) is 0 Å². The van der Waals surface area contributed by atoms with Crippen LogP contribution in [0.3, 0.4) is 0 Å². The largest absolute Gasteiger partial charge is 0.323 e. The van der Waals surface area contributed by atoms with E-state index in [-0.39, 0.29) is 22.7 Å². The first kappa shape index (κ1) is 20.1. The molecule has 4 aliphatic rings. The van der Waals surface area contributed by atoms with Gasteiger partial charge in [-0.3, -0.25) is 4.98 Å². The molecular weight excluding hydrogens is 415 g/mol.